The van der Waals surface area contributed by atoms with Crippen molar-refractivity contribution < 1.29 is 72.9 Å². The van der Waals surface area contributed by atoms with Crippen LogP contribution in [-0.2, 0) is 64.0 Å². The second-order valence-electron chi connectivity index (χ2n) is 19.2. The Morgan fingerprint density at radius 1 is 0.482 bits per heavy atom. The number of aliphatic hydroxyl groups is 1. The number of nitrogens with two attached hydrogens (primary N) is 6. The number of nitrogens with one attached hydrogen (secondary N) is 11. The third kappa shape index (κ3) is 31.6. The third-order valence-corrected chi connectivity index (χ3v) is 11.6. The van der Waals surface area contributed by atoms with Gasteiger partial charge >= 0.3 is 5.97 Å². The molecular formula is C49H83N19O15. The van der Waals surface area contributed by atoms with Crippen molar-refractivity contribution in [1.82, 2.24) is 58.5 Å². The zero-order chi connectivity index (χ0) is 62.6. The molecule has 0 aliphatic carbocycles. The molecule has 0 radical (unpaired) electrons. The van der Waals surface area contributed by atoms with Crippen LogP contribution in [0, 0.1) is 5.92 Å². The molecule has 0 aliphatic rings. The summed E-state index contributed by atoms with van der Waals surface area (Å²) in [7, 11) is 0. The number of unbranched alkanes of at least 4 members (excludes halogenated alkanes) is 1. The van der Waals surface area contributed by atoms with E-state index in [1.807, 2.05) is 0 Å². The Morgan fingerprint density at radius 3 is 1.43 bits per heavy atom. The molecule has 0 fully saturated rings. The summed E-state index contributed by atoms with van der Waals surface area (Å²) in [5, 5.41) is 55.1. The molecule has 83 heavy (non-hydrogen) atoms. The van der Waals surface area contributed by atoms with Crippen LogP contribution >= 0.6 is 0 Å². The molecule has 26 N–H and O–H groups in total. The Kier molecular flexibility index (Phi) is 34.3. The fraction of sp³-hybridized carbons (Fsp3) is 0.592. The fourth-order valence-electron chi connectivity index (χ4n) is 7.36. The summed E-state index contributed by atoms with van der Waals surface area (Å²) in [5.74, 6) is -11.5. The van der Waals surface area contributed by atoms with Crippen LogP contribution in [0.4, 0.5) is 0 Å². The number of aromatic hydroxyl groups is 1. The average molecular weight is 1180 g/mol. The van der Waals surface area contributed by atoms with E-state index in [2.05, 4.69) is 68.5 Å². The van der Waals surface area contributed by atoms with Crippen molar-refractivity contribution >= 4 is 82.9 Å². The van der Waals surface area contributed by atoms with Crippen LogP contribution in [0.1, 0.15) is 77.7 Å². The number of aliphatic imine (C=N–C) groups is 2. The summed E-state index contributed by atoms with van der Waals surface area (Å²) in [5.41, 5.74) is 33.0. The number of phenolic OH excluding ortho intramolecular Hbond substituents is 1. The highest BCUT2D eigenvalue weighted by atomic mass is 16.4. The van der Waals surface area contributed by atoms with Crippen LogP contribution in [0.3, 0.4) is 0 Å². The van der Waals surface area contributed by atoms with Crippen molar-refractivity contribution in [3.63, 3.8) is 0 Å². The Hall–Kier alpha value is -8.92. The molecule has 0 heterocycles. The molecule has 34 heteroatoms. The Morgan fingerprint density at radius 2 is 0.916 bits per heavy atom. The summed E-state index contributed by atoms with van der Waals surface area (Å²) in [6.07, 6.45) is 1.21. The van der Waals surface area contributed by atoms with Crippen LogP contribution in [-0.4, -0.2) is 199 Å². The second-order valence-corrected chi connectivity index (χ2v) is 19.2. The standard InChI is InChI=1S/C49H83N19O15/c1-26(2)18-33(43(79)60-23-39(74)64-32(10-7-17-57-49(54)55)44(80)66-30(9-6-16-56-48(52)53)42(78)61-24-40(75)76)65-38(73)22-58-37(72)21-59-41(77)27(3)62-47(83)35(25-69)68-46(82)34(19-28-11-13-29(70)14-12-28)67-45(81)31(8-4-5-15-50)63-36(71)20-51/h11-14,26-27,30-35,69-70H,4-10,15-25,50-51H2,1-3H3,(H,58,72)(H,59,77)(H,60,79)(H,61,78)(H,62,83)(H,63,71)(H,64,74)(H,65,73)(H,66,80)(H,67,81)(H,68,82)(H,75,76)(H4,52,53,56)(H4,54,55,57)/t27-,30-,31-,32-,33-,34-,35-/m0/s1. The molecule has 1 rings (SSSR count). The number of hydrogen-bond acceptors (Lipinski definition) is 18. The maximum absolute atomic E-state index is 13.7. The number of nitrogens with zero attached hydrogens (tertiary/aromatic N) is 2. The highest BCUT2D eigenvalue weighted by Gasteiger charge is 2.32. The molecule has 0 bridgehead atoms. The van der Waals surface area contributed by atoms with Gasteiger partial charge in [0.15, 0.2) is 11.9 Å². The number of carboxylic acids is 1. The molecule has 0 unspecified atom stereocenters. The summed E-state index contributed by atoms with van der Waals surface area (Å²) in [4.78, 5) is 163. The Bertz CT molecular complexity index is 2400. The predicted octanol–water partition coefficient (Wildman–Crippen LogP) is -8.87. The number of carboxylic acid groups (broad SMARTS) is 1. The van der Waals surface area contributed by atoms with Crippen LogP contribution in [0.15, 0.2) is 34.3 Å². The number of guanidine groups is 2. The van der Waals surface area contributed by atoms with Crippen molar-refractivity contribution in [1.29, 1.82) is 0 Å². The van der Waals surface area contributed by atoms with E-state index in [0.29, 0.717) is 24.9 Å². The third-order valence-electron chi connectivity index (χ3n) is 11.6. The van der Waals surface area contributed by atoms with E-state index in [1.165, 1.54) is 31.2 Å². The van der Waals surface area contributed by atoms with Gasteiger partial charge in [-0.1, -0.05) is 26.0 Å². The van der Waals surface area contributed by atoms with Gasteiger partial charge in [-0.05, 0) is 88.4 Å². The maximum atomic E-state index is 13.7. The number of phenols is 1. The number of amides is 11. The minimum atomic E-state index is -1.67. The molecule has 7 atom stereocenters. The van der Waals surface area contributed by atoms with Gasteiger partial charge in [0.1, 0.15) is 54.6 Å². The molecule has 11 amide bonds. The molecule has 0 aliphatic heterocycles. The van der Waals surface area contributed by atoms with Crippen molar-refractivity contribution in [3.05, 3.63) is 29.8 Å². The van der Waals surface area contributed by atoms with E-state index in [4.69, 9.17) is 39.5 Å². The van der Waals surface area contributed by atoms with Crippen molar-refractivity contribution in [2.45, 2.75) is 121 Å². The average Bonchev–Trinajstić information content (AvgIpc) is 3.44. The van der Waals surface area contributed by atoms with Gasteiger partial charge in [-0.3, -0.25) is 67.5 Å². The van der Waals surface area contributed by atoms with Crippen LogP contribution in [0.2, 0.25) is 0 Å². The number of benzene rings is 1. The van der Waals surface area contributed by atoms with Gasteiger partial charge in [0.2, 0.25) is 65.0 Å². The van der Waals surface area contributed by atoms with E-state index < -0.39 is 153 Å². The lowest BCUT2D eigenvalue weighted by Gasteiger charge is -2.25. The zero-order valence-electron chi connectivity index (χ0n) is 46.8. The van der Waals surface area contributed by atoms with E-state index >= 15 is 0 Å². The lowest BCUT2D eigenvalue weighted by molar-refractivity contribution is -0.138. The quantitative estimate of drug-likeness (QED) is 0.0165. The van der Waals surface area contributed by atoms with E-state index in [9.17, 15) is 67.7 Å². The van der Waals surface area contributed by atoms with Crippen molar-refractivity contribution in [2.75, 3.05) is 59.0 Å². The van der Waals surface area contributed by atoms with Crippen molar-refractivity contribution in [2.24, 2.45) is 50.3 Å². The van der Waals surface area contributed by atoms with Crippen LogP contribution in [0.5, 0.6) is 5.75 Å². The molecule has 464 valence electrons. The molecule has 1 aromatic carbocycles. The molecule has 0 spiro atoms. The number of aliphatic carboxylic acids is 1. The predicted molar refractivity (Wildman–Crippen MR) is 299 cm³/mol. The maximum Gasteiger partial charge on any atom is 0.322 e. The number of carbonyl (C=O) groups excluding carboxylic acids is 11. The van der Waals surface area contributed by atoms with Gasteiger partial charge in [-0.25, -0.2) is 0 Å². The molecule has 0 saturated carbocycles. The minimum Gasteiger partial charge on any atom is -0.508 e. The number of hydrogen-bond donors (Lipinski definition) is 20. The van der Waals surface area contributed by atoms with E-state index in [-0.39, 0.29) is 81.6 Å². The van der Waals surface area contributed by atoms with Crippen LogP contribution in [0.25, 0.3) is 0 Å². The van der Waals surface area contributed by atoms with Crippen LogP contribution < -0.4 is 92.9 Å². The van der Waals surface area contributed by atoms with Gasteiger partial charge in [-0.2, -0.15) is 0 Å². The van der Waals surface area contributed by atoms with Gasteiger partial charge in [-0.15, -0.1) is 0 Å². The normalized spacial score (nSPS) is 13.2. The summed E-state index contributed by atoms with van der Waals surface area (Å²) in [6.45, 7) is 0.890. The Balaban J connectivity index is 2.95. The molecule has 1 aromatic rings. The smallest absolute Gasteiger partial charge is 0.322 e. The van der Waals surface area contributed by atoms with E-state index in [0.717, 1.165) is 0 Å². The summed E-state index contributed by atoms with van der Waals surface area (Å²) >= 11 is 0. The SMILES string of the molecule is CC(C)C[C@H](NC(=O)CNC(=O)CNC(=O)[C@H](C)NC(=O)[C@H](CO)NC(=O)[C@H](Cc1ccc(O)cc1)NC(=O)[C@H](CCCCN)NC(=O)CN)C(=O)NCC(=O)N[C@@H](CCCN=C(N)N)C(=O)N[C@@H](CCCN=C(N)N)C(=O)NCC(=O)O. The zero-order valence-corrected chi connectivity index (χ0v) is 46.8. The fourth-order valence-corrected chi connectivity index (χ4v) is 7.36. The topological polar surface area (TPSA) is 579 Å². The first-order valence-corrected chi connectivity index (χ1v) is 26.5. The largest absolute Gasteiger partial charge is 0.508 e. The highest BCUT2D eigenvalue weighted by Crippen LogP contribution is 2.13. The summed E-state index contributed by atoms with van der Waals surface area (Å²) in [6, 6.07) is -3.76. The van der Waals surface area contributed by atoms with Crippen molar-refractivity contribution in [3.8, 4) is 5.75 Å². The molecule has 0 saturated heterocycles. The lowest BCUT2D eigenvalue weighted by Crippen LogP contribution is -2.59. The molecular weight excluding hydrogens is 1090 g/mol. The van der Waals surface area contributed by atoms with Gasteiger partial charge in [0, 0.05) is 19.5 Å². The first kappa shape index (κ1) is 72.1. The number of aliphatic hydroxyl groups excluding tert-OH is 1. The number of rotatable bonds is 40. The van der Waals surface area contributed by atoms with Gasteiger partial charge in [0.05, 0.1) is 32.8 Å². The molecule has 34 nitrogen and oxygen atoms in total. The van der Waals surface area contributed by atoms with Gasteiger partial charge in [0.25, 0.3) is 0 Å². The lowest BCUT2D eigenvalue weighted by atomic mass is 10.0. The first-order chi connectivity index (χ1) is 39.2. The molecule has 0 aromatic heterocycles. The monoisotopic (exact) mass is 1180 g/mol. The van der Waals surface area contributed by atoms with E-state index in [1.54, 1.807) is 13.8 Å². The van der Waals surface area contributed by atoms with Gasteiger partial charge < -0.3 is 108 Å². The number of carbonyl (C=O) groups is 12. The second kappa shape index (κ2) is 39.5. The highest BCUT2D eigenvalue weighted by molar-refractivity contribution is 5.98. The first-order valence-electron chi connectivity index (χ1n) is 26.5. The Labute approximate surface area is 478 Å². The summed E-state index contributed by atoms with van der Waals surface area (Å²) < 4.78 is 0. The minimum absolute atomic E-state index is 0.0408.